The summed E-state index contributed by atoms with van der Waals surface area (Å²) in [6, 6.07) is 0. The molecule has 6 heterocycles. The second-order valence-corrected chi connectivity index (χ2v) is 30.2. The molecular formula is C62H100O30. The maximum absolute atomic E-state index is 15.5. The first-order valence-corrected chi connectivity index (χ1v) is 32.5. The molecule has 0 spiro atoms. The smallest absolute Gasteiger partial charge is 0.315 e. The van der Waals surface area contributed by atoms with Crippen LogP contribution in [-0.2, 0) is 61.6 Å². The summed E-state index contributed by atoms with van der Waals surface area (Å²) in [6.45, 7) is 10.3. The van der Waals surface area contributed by atoms with Gasteiger partial charge in [0.25, 0.3) is 0 Å². The van der Waals surface area contributed by atoms with E-state index in [1.807, 2.05) is 6.92 Å². The van der Waals surface area contributed by atoms with Crippen LogP contribution >= 0.6 is 0 Å². The normalized spacial score (nSPS) is 55.3. The molecule has 6 saturated heterocycles. The van der Waals surface area contributed by atoms with E-state index in [-0.39, 0.29) is 29.6 Å². The quantitative estimate of drug-likeness (QED) is 0.0415. The van der Waals surface area contributed by atoms with E-state index in [0.717, 1.165) is 5.57 Å². The zero-order valence-electron chi connectivity index (χ0n) is 53.0. The lowest BCUT2D eigenvalue weighted by Crippen LogP contribution is -2.69. The number of hydrogen-bond acceptors (Lipinski definition) is 30. The molecule has 30 nitrogen and oxygen atoms in total. The van der Waals surface area contributed by atoms with Crippen molar-refractivity contribution in [1.82, 2.24) is 0 Å². The van der Waals surface area contributed by atoms with Crippen LogP contribution in [0.1, 0.15) is 106 Å². The molecule has 0 aromatic heterocycles. The minimum absolute atomic E-state index is 0.0383. The number of rotatable bonds is 15. The van der Waals surface area contributed by atoms with Crippen molar-refractivity contribution >= 4 is 5.97 Å². The first kappa shape index (κ1) is 71.4. The van der Waals surface area contributed by atoms with Crippen molar-refractivity contribution in [2.24, 2.45) is 50.2 Å². The van der Waals surface area contributed by atoms with E-state index < -0.39 is 245 Å². The van der Waals surface area contributed by atoms with Crippen LogP contribution in [0.4, 0.5) is 0 Å². The molecule has 17 N–H and O–H groups in total. The fourth-order valence-corrected chi connectivity index (χ4v) is 18.5. The van der Waals surface area contributed by atoms with Gasteiger partial charge in [-0.2, -0.15) is 0 Å². The summed E-state index contributed by atoms with van der Waals surface area (Å²) >= 11 is 0. The summed E-state index contributed by atoms with van der Waals surface area (Å²) in [7, 11) is 0. The number of aliphatic hydroxyl groups excluding tert-OH is 16. The predicted molar refractivity (Wildman–Crippen MR) is 305 cm³/mol. The van der Waals surface area contributed by atoms with Crippen LogP contribution in [0.15, 0.2) is 11.6 Å². The van der Waals surface area contributed by atoms with Gasteiger partial charge in [-0.15, -0.1) is 0 Å². The summed E-state index contributed by atoms with van der Waals surface area (Å²) in [5.74, 6) is -1.20. The SMILES string of the molecule is CC1OC(OC2C(OC(=O)C34CCC(C)(C)CC3C3=CCC5C6(C)CC(O)C(OC7OC(CO)C(O)C(O)C7O)C(C)(CO)C6CCC5(C)C3(C)CC4)OCC(O)C2O)C(O)C(O)C1OC1OCC(O)C(OC2OCC(O)(CO)C2OC2OCC(O)C(O)C2O)C1O. The molecule has 0 aromatic carbocycles. The molecule has 35 unspecified atom stereocenters. The van der Waals surface area contributed by atoms with Crippen LogP contribution in [0, 0.1) is 50.2 Å². The van der Waals surface area contributed by atoms with E-state index in [2.05, 4.69) is 40.7 Å². The molecule has 0 amide bonds. The molecule has 30 heteroatoms. The van der Waals surface area contributed by atoms with Crippen LogP contribution in [0.25, 0.3) is 0 Å². The molecule has 528 valence electrons. The number of carbonyl (C=O) groups is 1. The molecule has 35 atom stereocenters. The number of hydrogen-bond donors (Lipinski definition) is 17. The second kappa shape index (κ2) is 26.3. The lowest BCUT2D eigenvalue weighted by Gasteiger charge is -2.72. The third-order valence-corrected chi connectivity index (χ3v) is 24.2. The van der Waals surface area contributed by atoms with Crippen LogP contribution in [0.2, 0.25) is 0 Å². The van der Waals surface area contributed by atoms with Gasteiger partial charge in [0.05, 0.1) is 70.0 Å². The Bertz CT molecular complexity index is 2600. The van der Waals surface area contributed by atoms with Crippen LogP contribution < -0.4 is 0 Å². The van der Waals surface area contributed by atoms with Gasteiger partial charge in [-0.25, -0.2) is 0 Å². The Balaban J connectivity index is 0.771. The fourth-order valence-electron chi connectivity index (χ4n) is 18.5. The first-order valence-electron chi connectivity index (χ1n) is 32.5. The summed E-state index contributed by atoms with van der Waals surface area (Å²) in [4.78, 5) is 15.5. The van der Waals surface area contributed by atoms with Crippen molar-refractivity contribution in [2.75, 3.05) is 46.2 Å². The summed E-state index contributed by atoms with van der Waals surface area (Å²) < 4.78 is 70.9. The van der Waals surface area contributed by atoms with E-state index in [9.17, 15) is 86.8 Å². The van der Waals surface area contributed by atoms with Gasteiger partial charge in [-0.1, -0.05) is 53.2 Å². The van der Waals surface area contributed by atoms with Gasteiger partial charge in [-0.05, 0) is 104 Å². The molecule has 0 bridgehead atoms. The second-order valence-electron chi connectivity index (χ2n) is 30.2. The molecule has 0 radical (unpaired) electrons. The van der Waals surface area contributed by atoms with Gasteiger partial charge in [0.2, 0.25) is 6.29 Å². The fraction of sp³-hybridized carbons (Fsp3) is 0.952. The molecular weight excluding hydrogens is 1220 g/mol. The summed E-state index contributed by atoms with van der Waals surface area (Å²) in [5, 5.41) is 186. The van der Waals surface area contributed by atoms with Gasteiger partial charge in [0.15, 0.2) is 37.6 Å². The molecule has 92 heavy (non-hydrogen) atoms. The Kier molecular flexibility index (Phi) is 20.4. The standard InChI is InChI=1S/C62H100O30/c1-25-44(87-50-43(78)45(31(69)21-82-50)88-54-48(62(80,23-65)24-84-54)91-49-40(75)35(70)29(67)19-81-49)39(74)42(77)51(85-25)89-46-36(71)30(68)20-83-53(46)92-55(79)61-14-12-56(2,3)16-27(61)26-8-9-34-57(4)17-28(66)47(90-52-41(76)38(73)37(72)32(18-63)86-52)58(5,22-64)33(57)10-11-60(34,7)59(26,6)13-15-61/h8,25,27-54,63-78,80H,9-24H2,1-7H3. The highest BCUT2D eigenvalue weighted by atomic mass is 16.8. The number of aliphatic hydroxyl groups is 17. The molecule has 10 fully saturated rings. The Hall–Kier alpha value is -1.91. The highest BCUT2D eigenvalue weighted by Crippen LogP contribution is 2.76. The number of allylic oxidation sites excluding steroid dienone is 2. The monoisotopic (exact) mass is 1320 g/mol. The molecule has 6 aliphatic heterocycles. The van der Waals surface area contributed by atoms with Crippen molar-refractivity contribution in [3.8, 4) is 0 Å². The van der Waals surface area contributed by atoms with E-state index in [0.29, 0.717) is 51.4 Å². The van der Waals surface area contributed by atoms with E-state index in [1.165, 1.54) is 6.92 Å². The van der Waals surface area contributed by atoms with Gasteiger partial charge < -0.3 is 144 Å². The predicted octanol–water partition coefficient (Wildman–Crippen LogP) is -4.86. The van der Waals surface area contributed by atoms with Crippen molar-refractivity contribution < 1.29 is 148 Å². The Labute approximate surface area is 532 Å². The third-order valence-electron chi connectivity index (χ3n) is 24.2. The highest BCUT2D eigenvalue weighted by molar-refractivity contribution is 5.79. The molecule has 11 rings (SSSR count). The van der Waals surface area contributed by atoms with Crippen molar-refractivity contribution in [3.05, 3.63) is 11.6 Å². The van der Waals surface area contributed by atoms with Crippen LogP contribution in [0.3, 0.4) is 0 Å². The molecule has 5 aliphatic carbocycles. The highest BCUT2D eigenvalue weighted by Gasteiger charge is 2.72. The van der Waals surface area contributed by atoms with Gasteiger partial charge in [0, 0.05) is 5.41 Å². The molecule has 4 saturated carbocycles. The summed E-state index contributed by atoms with van der Waals surface area (Å²) in [6.07, 6.45) is -35.0. The van der Waals surface area contributed by atoms with Crippen LogP contribution in [0.5, 0.6) is 0 Å². The number of ether oxygens (including phenoxy) is 12. The van der Waals surface area contributed by atoms with Crippen molar-refractivity contribution in [2.45, 2.75) is 272 Å². The largest absolute Gasteiger partial charge is 0.432 e. The van der Waals surface area contributed by atoms with Gasteiger partial charge in [0.1, 0.15) is 103 Å². The maximum atomic E-state index is 15.5. The molecule has 0 aromatic rings. The zero-order valence-corrected chi connectivity index (χ0v) is 53.0. The first-order chi connectivity index (χ1) is 43.2. The minimum Gasteiger partial charge on any atom is -0.432 e. The third kappa shape index (κ3) is 11.9. The zero-order chi connectivity index (χ0) is 66.9. The number of carbonyl (C=O) groups excluding carboxylic acids is 1. The topological polar surface area (TPSA) is 472 Å². The average molecular weight is 1330 g/mol. The van der Waals surface area contributed by atoms with Crippen molar-refractivity contribution in [3.63, 3.8) is 0 Å². The minimum atomic E-state index is -2.20. The van der Waals surface area contributed by atoms with Crippen LogP contribution in [-0.4, -0.2) is 304 Å². The Morgan fingerprint density at radius 1 is 0.533 bits per heavy atom. The Morgan fingerprint density at radius 3 is 1.79 bits per heavy atom. The Morgan fingerprint density at radius 2 is 1.12 bits per heavy atom. The number of fused-ring (bicyclic) bond motifs is 7. The lowest BCUT2D eigenvalue weighted by atomic mass is 9.33. The summed E-state index contributed by atoms with van der Waals surface area (Å²) in [5.41, 5.74) is -4.93. The van der Waals surface area contributed by atoms with Crippen molar-refractivity contribution in [1.29, 1.82) is 0 Å². The average Bonchev–Trinajstić information content (AvgIpc) is 0.740. The van der Waals surface area contributed by atoms with Gasteiger partial charge >= 0.3 is 5.97 Å². The molecule has 11 aliphatic rings. The van der Waals surface area contributed by atoms with E-state index in [1.54, 1.807) is 0 Å². The van der Waals surface area contributed by atoms with Gasteiger partial charge in [-0.3, -0.25) is 4.79 Å². The lowest BCUT2D eigenvalue weighted by molar-refractivity contribution is -0.373. The van der Waals surface area contributed by atoms with E-state index in [4.69, 9.17) is 56.8 Å². The maximum Gasteiger partial charge on any atom is 0.315 e. The number of esters is 1. The van der Waals surface area contributed by atoms with E-state index >= 15 is 4.79 Å².